The van der Waals surface area contributed by atoms with Crippen LogP contribution < -0.4 is 27.2 Å². The molecule has 0 saturated heterocycles. The van der Waals surface area contributed by atoms with Crippen molar-refractivity contribution >= 4 is 12.1 Å². The summed E-state index contributed by atoms with van der Waals surface area (Å²) in [5, 5.41) is 0.932. The minimum Gasteiger partial charge on any atom is -0.351 e. The van der Waals surface area contributed by atoms with E-state index in [9.17, 15) is 18.0 Å². The van der Waals surface area contributed by atoms with Gasteiger partial charge >= 0.3 is 12.2 Å². The Balaban J connectivity index is 1.99. The number of nitrogens with one attached hydrogen (secondary N) is 2. The second-order valence-electron chi connectivity index (χ2n) is 6.92. The molecular formula is C21H21F3N4O. The summed E-state index contributed by atoms with van der Waals surface area (Å²) in [5.41, 5.74) is 12.1. The summed E-state index contributed by atoms with van der Waals surface area (Å²) in [6.07, 6.45) is -0.566. The Morgan fingerprint density at radius 1 is 1.14 bits per heavy atom. The third-order valence-corrected chi connectivity index (χ3v) is 4.39. The average Bonchev–Trinajstić information content (AvgIpc) is 3.00. The number of alkyl halides is 3. The van der Waals surface area contributed by atoms with Gasteiger partial charge < -0.3 is 5.73 Å². The van der Waals surface area contributed by atoms with E-state index >= 15 is 0 Å². The van der Waals surface area contributed by atoms with E-state index in [2.05, 4.69) is 15.8 Å². The van der Waals surface area contributed by atoms with Gasteiger partial charge in [-0.05, 0) is 49.6 Å². The molecule has 2 amide bonds. The number of aryl methyl sites for hydroxylation is 2. The molecular weight excluding hydrogens is 381 g/mol. The van der Waals surface area contributed by atoms with Crippen molar-refractivity contribution in [3.8, 4) is 11.1 Å². The van der Waals surface area contributed by atoms with Crippen molar-refractivity contribution in [3.63, 3.8) is 0 Å². The molecule has 29 heavy (non-hydrogen) atoms. The molecule has 0 aliphatic carbocycles. The van der Waals surface area contributed by atoms with Crippen LogP contribution in [0.5, 0.6) is 0 Å². The fourth-order valence-electron chi connectivity index (χ4n) is 3.30. The van der Waals surface area contributed by atoms with Gasteiger partial charge in [0.25, 0.3) is 0 Å². The number of allylic oxidation sites excluding steroid dienone is 1. The topological polar surface area (TPSA) is 79.5 Å². The van der Waals surface area contributed by atoms with Crippen LogP contribution in [0.1, 0.15) is 23.1 Å². The first kappa shape index (κ1) is 20.6. The number of primary amides is 1. The van der Waals surface area contributed by atoms with Crippen molar-refractivity contribution in [2.24, 2.45) is 10.7 Å². The van der Waals surface area contributed by atoms with Crippen LogP contribution in [0, 0.1) is 13.8 Å². The number of halogens is 3. The molecule has 2 aromatic rings. The molecule has 0 unspecified atom stereocenters. The molecule has 0 bridgehead atoms. The SMILES string of the molecule is Cc1cc(C)cc(-c2cc3c(cc2C(F)(F)F)=CC(=CCCNNC(N)=O)N=3)c1. The third-order valence-electron chi connectivity index (χ3n) is 4.39. The lowest BCUT2D eigenvalue weighted by atomic mass is 9.95. The predicted molar refractivity (Wildman–Crippen MR) is 105 cm³/mol. The van der Waals surface area contributed by atoms with Crippen LogP contribution in [0.25, 0.3) is 17.2 Å². The summed E-state index contributed by atoms with van der Waals surface area (Å²) >= 11 is 0. The normalized spacial score (nSPS) is 14.3. The van der Waals surface area contributed by atoms with E-state index in [-0.39, 0.29) is 5.56 Å². The number of nitrogens with two attached hydrogens (primary N) is 1. The fraction of sp³-hybridized carbons (Fsp3) is 0.238. The van der Waals surface area contributed by atoms with Gasteiger partial charge in [-0.15, -0.1) is 0 Å². The van der Waals surface area contributed by atoms with Gasteiger partial charge in [0.2, 0.25) is 0 Å². The van der Waals surface area contributed by atoms with Gasteiger partial charge in [0, 0.05) is 11.8 Å². The van der Waals surface area contributed by atoms with E-state index in [1.807, 2.05) is 19.9 Å². The molecule has 0 radical (unpaired) electrons. The summed E-state index contributed by atoms with van der Waals surface area (Å²) in [6, 6.07) is 7.37. The number of rotatable bonds is 5. The summed E-state index contributed by atoms with van der Waals surface area (Å²) < 4.78 is 41.2. The molecule has 0 fully saturated rings. The molecule has 0 spiro atoms. The minimum absolute atomic E-state index is 0.119. The number of amides is 2. The maximum Gasteiger partial charge on any atom is 0.417 e. The van der Waals surface area contributed by atoms with Gasteiger partial charge in [-0.25, -0.2) is 15.2 Å². The lowest BCUT2D eigenvalue weighted by Crippen LogP contribution is -2.41. The van der Waals surface area contributed by atoms with Crippen LogP contribution in [0.2, 0.25) is 0 Å². The van der Waals surface area contributed by atoms with E-state index in [1.54, 1.807) is 24.3 Å². The first-order chi connectivity index (χ1) is 13.6. The number of hydrogen-bond acceptors (Lipinski definition) is 3. The largest absolute Gasteiger partial charge is 0.417 e. The Morgan fingerprint density at radius 2 is 1.83 bits per heavy atom. The number of hydrogen-bond donors (Lipinski definition) is 3. The zero-order valence-electron chi connectivity index (χ0n) is 16.0. The molecule has 4 N–H and O–H groups in total. The Kier molecular flexibility index (Phi) is 5.74. The molecule has 1 aliphatic rings. The van der Waals surface area contributed by atoms with Gasteiger partial charge in [-0.1, -0.05) is 35.4 Å². The highest BCUT2D eigenvalue weighted by Gasteiger charge is 2.34. The van der Waals surface area contributed by atoms with E-state index in [0.717, 1.165) is 17.2 Å². The van der Waals surface area contributed by atoms with E-state index in [0.29, 0.717) is 34.8 Å². The fourth-order valence-corrected chi connectivity index (χ4v) is 3.30. The average molecular weight is 402 g/mol. The number of carbonyl (C=O) groups is 1. The summed E-state index contributed by atoms with van der Waals surface area (Å²) in [4.78, 5) is 15.0. The highest BCUT2D eigenvalue weighted by molar-refractivity contribution is 5.71. The smallest absolute Gasteiger partial charge is 0.351 e. The number of fused-ring (bicyclic) bond motifs is 1. The van der Waals surface area contributed by atoms with Gasteiger partial charge in [0.1, 0.15) is 0 Å². The zero-order chi connectivity index (χ0) is 21.2. The molecule has 3 rings (SSSR count). The number of hydrazine groups is 1. The molecule has 0 aromatic heterocycles. The first-order valence-corrected chi connectivity index (χ1v) is 9.02. The molecule has 1 heterocycles. The van der Waals surface area contributed by atoms with Crippen molar-refractivity contribution in [2.75, 3.05) is 6.54 Å². The number of benzene rings is 2. The predicted octanol–water partition coefficient (Wildman–Crippen LogP) is 2.85. The Labute approximate surface area is 165 Å². The summed E-state index contributed by atoms with van der Waals surface area (Å²) in [7, 11) is 0. The summed E-state index contributed by atoms with van der Waals surface area (Å²) in [6.45, 7) is 4.13. The van der Waals surface area contributed by atoms with Crippen LogP contribution in [0.3, 0.4) is 0 Å². The van der Waals surface area contributed by atoms with Crippen molar-refractivity contribution in [1.29, 1.82) is 0 Å². The van der Waals surface area contributed by atoms with Crippen molar-refractivity contribution < 1.29 is 18.0 Å². The maximum absolute atomic E-state index is 13.7. The molecule has 0 atom stereocenters. The van der Waals surface area contributed by atoms with Crippen molar-refractivity contribution in [1.82, 2.24) is 10.9 Å². The highest BCUT2D eigenvalue weighted by Crippen LogP contribution is 2.36. The lowest BCUT2D eigenvalue weighted by Gasteiger charge is -2.14. The van der Waals surface area contributed by atoms with E-state index in [1.165, 1.54) is 6.07 Å². The number of nitrogens with zero attached hydrogens (tertiary/aromatic N) is 1. The van der Waals surface area contributed by atoms with Gasteiger partial charge in [-0.2, -0.15) is 13.2 Å². The van der Waals surface area contributed by atoms with Crippen LogP contribution >= 0.6 is 0 Å². The van der Waals surface area contributed by atoms with Gasteiger partial charge in [0.05, 0.1) is 16.6 Å². The van der Waals surface area contributed by atoms with Crippen LogP contribution in [-0.4, -0.2) is 12.6 Å². The molecule has 0 saturated carbocycles. The molecule has 1 aliphatic heterocycles. The van der Waals surface area contributed by atoms with Crippen LogP contribution in [0.4, 0.5) is 18.0 Å². The van der Waals surface area contributed by atoms with Crippen LogP contribution in [-0.2, 0) is 6.18 Å². The van der Waals surface area contributed by atoms with E-state index < -0.39 is 17.8 Å². The van der Waals surface area contributed by atoms with Crippen LogP contribution in [0.15, 0.2) is 47.1 Å². The monoisotopic (exact) mass is 402 g/mol. The minimum atomic E-state index is -4.48. The van der Waals surface area contributed by atoms with Crippen molar-refractivity contribution in [2.45, 2.75) is 26.4 Å². The molecule has 152 valence electrons. The summed E-state index contributed by atoms with van der Waals surface area (Å²) in [5.74, 6) is 0. The quantitative estimate of drug-likeness (QED) is 0.531. The molecule has 2 aromatic carbocycles. The third kappa shape index (κ3) is 5.03. The number of carbonyl (C=O) groups excluding carboxylic acids is 1. The second-order valence-corrected chi connectivity index (χ2v) is 6.92. The Hall–Kier alpha value is -3.13. The molecule has 5 nitrogen and oxygen atoms in total. The zero-order valence-corrected chi connectivity index (χ0v) is 16.0. The Bertz CT molecular complexity index is 1080. The Morgan fingerprint density at radius 3 is 2.45 bits per heavy atom. The van der Waals surface area contributed by atoms with Crippen molar-refractivity contribution in [3.05, 3.63) is 69.4 Å². The maximum atomic E-state index is 13.7. The standard InChI is InChI=1S/C21H21F3N4O/c1-12-6-13(2)8-14(7-12)17-11-19-15(10-18(17)21(22,23)24)9-16(27-19)4-3-5-26-28-20(25)29/h4,6-11,26H,3,5H2,1-2H3,(H3,25,28,29). The van der Waals surface area contributed by atoms with E-state index in [4.69, 9.17) is 5.73 Å². The first-order valence-electron chi connectivity index (χ1n) is 9.02. The van der Waals surface area contributed by atoms with Gasteiger partial charge in [-0.3, -0.25) is 5.43 Å². The second kappa shape index (κ2) is 8.08. The van der Waals surface area contributed by atoms with Gasteiger partial charge in [0.15, 0.2) is 0 Å². The molecule has 8 heteroatoms. The highest BCUT2D eigenvalue weighted by atomic mass is 19.4. The lowest BCUT2D eigenvalue weighted by molar-refractivity contribution is -0.137. The number of urea groups is 1.